The van der Waals surface area contributed by atoms with Crippen LogP contribution in [0.2, 0.25) is 0 Å². The van der Waals surface area contributed by atoms with Crippen molar-refractivity contribution in [2.24, 2.45) is 5.41 Å². The first-order chi connectivity index (χ1) is 7.39. The summed E-state index contributed by atoms with van der Waals surface area (Å²) < 4.78 is 0. The lowest BCUT2D eigenvalue weighted by molar-refractivity contribution is -0.126. The third kappa shape index (κ3) is 4.41. The van der Waals surface area contributed by atoms with E-state index in [2.05, 4.69) is 9.88 Å². The van der Waals surface area contributed by atoms with Gasteiger partial charge in [0.05, 0.1) is 11.2 Å². The van der Waals surface area contributed by atoms with Crippen molar-refractivity contribution in [2.75, 3.05) is 13.6 Å². The minimum absolute atomic E-state index is 0.221. The van der Waals surface area contributed by atoms with Crippen LogP contribution in [0, 0.1) is 5.41 Å². The summed E-state index contributed by atoms with van der Waals surface area (Å²) in [7, 11) is 2.02. The van der Waals surface area contributed by atoms with E-state index >= 15 is 0 Å². The molecule has 16 heavy (non-hydrogen) atoms. The maximum Gasteiger partial charge on any atom is 0.139 e. The monoisotopic (exact) mass is 240 g/mol. The molecule has 0 N–H and O–H groups in total. The standard InChI is InChI=1S/C12H20N2OS/c1-12(2,3)11(15)5-6-14(4)7-10-8-16-9-13-10/h8-9H,5-7H2,1-4H3. The molecule has 0 saturated carbocycles. The van der Waals surface area contributed by atoms with E-state index in [-0.39, 0.29) is 5.41 Å². The van der Waals surface area contributed by atoms with Crippen LogP contribution in [0.5, 0.6) is 0 Å². The maximum absolute atomic E-state index is 11.7. The second kappa shape index (κ2) is 5.55. The number of carbonyl (C=O) groups excluding carboxylic acids is 1. The van der Waals surface area contributed by atoms with Crippen LogP contribution in [0.4, 0.5) is 0 Å². The number of aromatic nitrogens is 1. The first kappa shape index (κ1) is 13.3. The predicted octanol–water partition coefficient (Wildman–Crippen LogP) is 2.58. The molecule has 0 amide bonds. The summed E-state index contributed by atoms with van der Waals surface area (Å²) in [5.41, 5.74) is 2.70. The molecule has 90 valence electrons. The van der Waals surface area contributed by atoms with Crippen molar-refractivity contribution < 1.29 is 4.79 Å². The van der Waals surface area contributed by atoms with Crippen LogP contribution in [-0.4, -0.2) is 29.3 Å². The highest BCUT2D eigenvalue weighted by Crippen LogP contribution is 2.16. The lowest BCUT2D eigenvalue weighted by Crippen LogP contribution is -2.27. The highest BCUT2D eigenvalue weighted by atomic mass is 32.1. The number of thiazole rings is 1. The highest BCUT2D eigenvalue weighted by Gasteiger charge is 2.20. The van der Waals surface area contributed by atoms with Gasteiger partial charge in [0.15, 0.2) is 0 Å². The van der Waals surface area contributed by atoms with Gasteiger partial charge in [0, 0.05) is 30.3 Å². The molecule has 0 spiro atoms. The van der Waals surface area contributed by atoms with Gasteiger partial charge in [-0.1, -0.05) is 20.8 Å². The molecular formula is C12H20N2OS. The minimum Gasteiger partial charge on any atom is -0.300 e. The molecule has 0 saturated heterocycles. The molecule has 1 rings (SSSR count). The van der Waals surface area contributed by atoms with Crippen LogP contribution in [0.3, 0.4) is 0 Å². The van der Waals surface area contributed by atoms with Crippen molar-refractivity contribution in [3.63, 3.8) is 0 Å². The van der Waals surface area contributed by atoms with Gasteiger partial charge < -0.3 is 4.90 Å². The van der Waals surface area contributed by atoms with Crippen molar-refractivity contribution in [1.29, 1.82) is 0 Å². The molecule has 0 aliphatic heterocycles. The number of carbonyl (C=O) groups is 1. The van der Waals surface area contributed by atoms with Gasteiger partial charge in [0.25, 0.3) is 0 Å². The molecule has 0 radical (unpaired) electrons. The van der Waals surface area contributed by atoms with Crippen LogP contribution >= 0.6 is 11.3 Å². The van der Waals surface area contributed by atoms with Gasteiger partial charge in [-0.15, -0.1) is 11.3 Å². The topological polar surface area (TPSA) is 33.2 Å². The van der Waals surface area contributed by atoms with Crippen LogP contribution in [0.15, 0.2) is 10.9 Å². The van der Waals surface area contributed by atoms with Gasteiger partial charge in [-0.3, -0.25) is 4.79 Å². The number of hydrogen-bond acceptors (Lipinski definition) is 4. The summed E-state index contributed by atoms with van der Waals surface area (Å²) in [4.78, 5) is 18.1. The Kier molecular flexibility index (Phi) is 4.62. The molecule has 0 aliphatic carbocycles. The van der Waals surface area contributed by atoms with Crippen LogP contribution in [-0.2, 0) is 11.3 Å². The number of ketones is 1. The molecule has 3 nitrogen and oxygen atoms in total. The van der Waals surface area contributed by atoms with E-state index in [0.29, 0.717) is 12.2 Å². The quantitative estimate of drug-likeness (QED) is 0.793. The summed E-state index contributed by atoms with van der Waals surface area (Å²) >= 11 is 1.61. The molecule has 1 aromatic rings. The predicted molar refractivity (Wildman–Crippen MR) is 67.5 cm³/mol. The Bertz CT molecular complexity index is 327. The first-order valence-electron chi connectivity index (χ1n) is 5.48. The van der Waals surface area contributed by atoms with Crippen LogP contribution < -0.4 is 0 Å². The number of Topliss-reactive ketones (excluding diaryl/α,β-unsaturated/α-hetero) is 1. The molecule has 1 heterocycles. The second-order valence-corrected chi connectivity index (χ2v) is 5.86. The van der Waals surface area contributed by atoms with E-state index in [4.69, 9.17) is 0 Å². The Morgan fingerprint density at radius 3 is 2.69 bits per heavy atom. The Hall–Kier alpha value is -0.740. The molecule has 0 aliphatic rings. The van der Waals surface area contributed by atoms with Gasteiger partial charge in [-0.2, -0.15) is 0 Å². The zero-order valence-electron chi connectivity index (χ0n) is 10.5. The lowest BCUT2D eigenvalue weighted by Gasteiger charge is -2.19. The van der Waals surface area contributed by atoms with Crippen molar-refractivity contribution in [3.05, 3.63) is 16.6 Å². The van der Waals surface area contributed by atoms with Crippen molar-refractivity contribution in [3.8, 4) is 0 Å². The zero-order valence-corrected chi connectivity index (χ0v) is 11.3. The fraction of sp³-hybridized carbons (Fsp3) is 0.667. The molecule has 1 aromatic heterocycles. The fourth-order valence-electron chi connectivity index (χ4n) is 1.34. The van der Waals surface area contributed by atoms with E-state index in [1.165, 1.54) is 0 Å². The summed E-state index contributed by atoms with van der Waals surface area (Å²) in [6, 6.07) is 0. The summed E-state index contributed by atoms with van der Waals surface area (Å²) in [5, 5.41) is 2.04. The number of hydrogen-bond donors (Lipinski definition) is 0. The Balaban J connectivity index is 2.31. The third-order valence-corrected chi connectivity index (χ3v) is 3.11. The Morgan fingerprint density at radius 2 is 2.19 bits per heavy atom. The van der Waals surface area contributed by atoms with E-state index in [1.54, 1.807) is 11.3 Å². The molecule has 0 atom stereocenters. The van der Waals surface area contributed by atoms with Crippen LogP contribution in [0.1, 0.15) is 32.9 Å². The Morgan fingerprint density at radius 1 is 1.50 bits per heavy atom. The van der Waals surface area contributed by atoms with E-state index in [1.807, 2.05) is 38.7 Å². The Labute approximate surface area is 101 Å². The summed E-state index contributed by atoms with van der Waals surface area (Å²) in [6.07, 6.45) is 0.615. The smallest absolute Gasteiger partial charge is 0.139 e. The molecule has 0 bridgehead atoms. The van der Waals surface area contributed by atoms with E-state index < -0.39 is 0 Å². The molecule has 0 unspecified atom stereocenters. The number of rotatable bonds is 5. The zero-order chi connectivity index (χ0) is 12.2. The summed E-state index contributed by atoms with van der Waals surface area (Å²) in [5.74, 6) is 0.317. The largest absolute Gasteiger partial charge is 0.300 e. The van der Waals surface area contributed by atoms with Gasteiger partial charge in [-0.25, -0.2) is 4.98 Å². The van der Waals surface area contributed by atoms with Crippen LogP contribution in [0.25, 0.3) is 0 Å². The fourth-order valence-corrected chi connectivity index (χ4v) is 1.89. The SMILES string of the molecule is CN(CCC(=O)C(C)(C)C)Cc1cscn1. The average Bonchev–Trinajstić information content (AvgIpc) is 2.65. The average molecular weight is 240 g/mol. The number of nitrogens with zero attached hydrogens (tertiary/aromatic N) is 2. The normalized spacial score (nSPS) is 12.1. The van der Waals surface area contributed by atoms with Crippen molar-refractivity contribution in [2.45, 2.75) is 33.7 Å². The van der Waals surface area contributed by atoms with Gasteiger partial charge in [0.1, 0.15) is 5.78 Å². The van der Waals surface area contributed by atoms with Gasteiger partial charge in [0.2, 0.25) is 0 Å². The minimum atomic E-state index is -0.221. The van der Waals surface area contributed by atoms with Gasteiger partial charge in [-0.05, 0) is 7.05 Å². The van der Waals surface area contributed by atoms with Gasteiger partial charge >= 0.3 is 0 Å². The second-order valence-electron chi connectivity index (χ2n) is 5.14. The van der Waals surface area contributed by atoms with E-state index in [0.717, 1.165) is 18.8 Å². The van der Waals surface area contributed by atoms with Crippen molar-refractivity contribution in [1.82, 2.24) is 9.88 Å². The van der Waals surface area contributed by atoms with Crippen molar-refractivity contribution >= 4 is 17.1 Å². The first-order valence-corrected chi connectivity index (χ1v) is 6.43. The molecular weight excluding hydrogens is 220 g/mol. The maximum atomic E-state index is 11.7. The molecule has 0 fully saturated rings. The highest BCUT2D eigenvalue weighted by molar-refractivity contribution is 7.07. The summed E-state index contributed by atoms with van der Waals surface area (Å²) in [6.45, 7) is 7.52. The third-order valence-electron chi connectivity index (χ3n) is 2.47. The van der Waals surface area contributed by atoms with E-state index in [9.17, 15) is 4.79 Å². The molecule has 0 aromatic carbocycles. The lowest BCUT2D eigenvalue weighted by atomic mass is 9.89. The molecule has 4 heteroatoms.